The maximum atomic E-state index is 13.1. The Morgan fingerprint density at radius 1 is 1.00 bits per heavy atom. The first-order valence-electron chi connectivity index (χ1n) is 11.0. The molecule has 0 aliphatic carbocycles. The van der Waals surface area contributed by atoms with Crippen LogP contribution in [-0.2, 0) is 4.79 Å². The minimum Gasteiger partial charge on any atom is -0.507 e. The number of benzene rings is 2. The quantitative estimate of drug-likeness (QED) is 0.411. The highest BCUT2D eigenvalue weighted by Crippen LogP contribution is 2.46. The molecular formula is C26H28N2O8. The van der Waals surface area contributed by atoms with Gasteiger partial charge in [-0.3, -0.25) is 9.59 Å². The SMILES string of the molecule is CNC(=O)c1ccc(NC(=O)C[C@@H](c2ccc(OC)c(OC)c2OC)c2c(O)cc(C)oc2=O)cc1. The van der Waals surface area contributed by atoms with Crippen LogP contribution in [0.5, 0.6) is 23.0 Å². The summed E-state index contributed by atoms with van der Waals surface area (Å²) < 4.78 is 21.6. The summed E-state index contributed by atoms with van der Waals surface area (Å²) in [4.78, 5) is 37.7. The Bertz CT molecular complexity index is 1310. The fourth-order valence-electron chi connectivity index (χ4n) is 3.94. The van der Waals surface area contributed by atoms with Gasteiger partial charge in [0.15, 0.2) is 11.5 Å². The van der Waals surface area contributed by atoms with Gasteiger partial charge in [-0.05, 0) is 37.3 Å². The molecule has 3 N–H and O–H groups in total. The molecule has 1 heterocycles. The first-order chi connectivity index (χ1) is 17.2. The third-order valence-electron chi connectivity index (χ3n) is 5.60. The van der Waals surface area contributed by atoms with Gasteiger partial charge in [0.05, 0.1) is 26.9 Å². The van der Waals surface area contributed by atoms with E-state index in [0.29, 0.717) is 22.6 Å². The highest BCUT2D eigenvalue weighted by Gasteiger charge is 2.30. The molecule has 2 aromatic carbocycles. The second-order valence-corrected chi connectivity index (χ2v) is 7.83. The number of hydrogen-bond donors (Lipinski definition) is 3. The average molecular weight is 497 g/mol. The molecule has 2 amide bonds. The number of methoxy groups -OCH3 is 3. The van der Waals surface area contributed by atoms with E-state index in [9.17, 15) is 19.5 Å². The van der Waals surface area contributed by atoms with Crippen molar-refractivity contribution in [3.8, 4) is 23.0 Å². The molecule has 190 valence electrons. The normalized spacial score (nSPS) is 11.4. The van der Waals surface area contributed by atoms with Crippen LogP contribution >= 0.6 is 0 Å². The molecule has 0 fully saturated rings. The molecule has 3 rings (SSSR count). The maximum absolute atomic E-state index is 13.1. The van der Waals surface area contributed by atoms with E-state index in [1.165, 1.54) is 41.4 Å². The fourth-order valence-corrected chi connectivity index (χ4v) is 3.94. The molecule has 10 nitrogen and oxygen atoms in total. The number of nitrogens with one attached hydrogen (secondary N) is 2. The molecule has 0 spiro atoms. The number of rotatable bonds is 9. The van der Waals surface area contributed by atoms with Gasteiger partial charge in [0.25, 0.3) is 5.91 Å². The monoisotopic (exact) mass is 496 g/mol. The van der Waals surface area contributed by atoms with E-state index in [1.54, 1.807) is 36.4 Å². The molecule has 0 bridgehead atoms. The predicted octanol–water partition coefficient (Wildman–Crippen LogP) is 3.20. The summed E-state index contributed by atoms with van der Waals surface area (Å²) in [6.45, 7) is 1.53. The lowest BCUT2D eigenvalue weighted by molar-refractivity contribution is -0.116. The van der Waals surface area contributed by atoms with E-state index in [-0.39, 0.29) is 40.9 Å². The van der Waals surface area contributed by atoms with E-state index in [1.807, 2.05) is 0 Å². The lowest BCUT2D eigenvalue weighted by Gasteiger charge is -2.22. The minimum absolute atomic E-state index is 0.101. The van der Waals surface area contributed by atoms with Gasteiger partial charge in [0.2, 0.25) is 11.7 Å². The van der Waals surface area contributed by atoms with Crippen molar-refractivity contribution >= 4 is 17.5 Å². The van der Waals surface area contributed by atoms with E-state index in [2.05, 4.69) is 10.6 Å². The van der Waals surface area contributed by atoms with E-state index in [4.69, 9.17) is 18.6 Å². The van der Waals surface area contributed by atoms with Crippen LogP contribution in [0.25, 0.3) is 0 Å². The van der Waals surface area contributed by atoms with Crippen molar-refractivity contribution < 1.29 is 33.3 Å². The summed E-state index contributed by atoms with van der Waals surface area (Å²) >= 11 is 0. The predicted molar refractivity (Wildman–Crippen MR) is 132 cm³/mol. The van der Waals surface area contributed by atoms with Crippen LogP contribution < -0.4 is 30.5 Å². The number of carbonyl (C=O) groups excluding carboxylic acids is 2. The molecule has 0 aliphatic rings. The number of amides is 2. The molecule has 36 heavy (non-hydrogen) atoms. The summed E-state index contributed by atoms with van der Waals surface area (Å²) in [5.41, 5.74) is 0.413. The Morgan fingerprint density at radius 3 is 2.22 bits per heavy atom. The van der Waals surface area contributed by atoms with Crippen LogP contribution in [0, 0.1) is 6.92 Å². The Hall–Kier alpha value is -4.47. The summed E-state index contributed by atoms with van der Waals surface area (Å²) in [6, 6.07) is 10.9. The van der Waals surface area contributed by atoms with Crippen LogP contribution in [0.15, 0.2) is 51.7 Å². The Kier molecular flexibility index (Phi) is 8.21. The highest BCUT2D eigenvalue weighted by atomic mass is 16.5. The van der Waals surface area contributed by atoms with Gasteiger partial charge >= 0.3 is 5.63 Å². The third kappa shape index (κ3) is 5.43. The molecule has 3 aromatic rings. The lowest BCUT2D eigenvalue weighted by Crippen LogP contribution is -2.22. The summed E-state index contributed by atoms with van der Waals surface area (Å²) in [6.07, 6.45) is -0.246. The highest BCUT2D eigenvalue weighted by molar-refractivity contribution is 5.96. The van der Waals surface area contributed by atoms with Crippen LogP contribution in [-0.4, -0.2) is 45.3 Å². The number of ether oxygens (including phenoxy) is 3. The lowest BCUT2D eigenvalue weighted by atomic mass is 9.87. The number of carbonyl (C=O) groups is 2. The molecule has 0 aliphatic heterocycles. The summed E-state index contributed by atoms with van der Waals surface area (Å²) in [7, 11) is 5.85. The molecular weight excluding hydrogens is 468 g/mol. The Labute approximate surface area is 207 Å². The third-order valence-corrected chi connectivity index (χ3v) is 5.60. The molecule has 0 saturated carbocycles. The molecule has 0 saturated heterocycles. The van der Waals surface area contributed by atoms with Crippen molar-refractivity contribution in [2.24, 2.45) is 0 Å². The van der Waals surface area contributed by atoms with Gasteiger partial charge in [-0.2, -0.15) is 0 Å². The van der Waals surface area contributed by atoms with Gasteiger partial charge in [0.1, 0.15) is 11.5 Å². The van der Waals surface area contributed by atoms with Crippen molar-refractivity contribution in [2.45, 2.75) is 19.3 Å². The molecule has 0 radical (unpaired) electrons. The zero-order valence-electron chi connectivity index (χ0n) is 20.6. The van der Waals surface area contributed by atoms with Crippen molar-refractivity contribution in [3.05, 3.63) is 75.3 Å². The number of anilines is 1. The zero-order valence-corrected chi connectivity index (χ0v) is 20.6. The van der Waals surface area contributed by atoms with Crippen molar-refractivity contribution in [3.63, 3.8) is 0 Å². The molecule has 1 aromatic heterocycles. The van der Waals surface area contributed by atoms with Crippen LogP contribution in [0.2, 0.25) is 0 Å². The smallest absolute Gasteiger partial charge is 0.343 e. The van der Waals surface area contributed by atoms with E-state index < -0.39 is 17.5 Å². The molecule has 10 heteroatoms. The Balaban J connectivity index is 2.05. The van der Waals surface area contributed by atoms with Crippen molar-refractivity contribution in [1.29, 1.82) is 0 Å². The first kappa shape index (κ1) is 26.1. The van der Waals surface area contributed by atoms with Crippen LogP contribution in [0.3, 0.4) is 0 Å². The second-order valence-electron chi connectivity index (χ2n) is 7.83. The first-order valence-corrected chi connectivity index (χ1v) is 11.0. The number of aromatic hydroxyl groups is 1. The molecule has 0 unspecified atom stereocenters. The van der Waals surface area contributed by atoms with Gasteiger partial charge in [-0.15, -0.1) is 0 Å². The maximum Gasteiger partial charge on any atom is 0.343 e. The summed E-state index contributed by atoms with van der Waals surface area (Å²) in [5.74, 6) is -0.862. The average Bonchev–Trinajstić information content (AvgIpc) is 2.86. The summed E-state index contributed by atoms with van der Waals surface area (Å²) in [5, 5.41) is 16.0. The zero-order chi connectivity index (χ0) is 26.4. The van der Waals surface area contributed by atoms with E-state index >= 15 is 0 Å². The second kappa shape index (κ2) is 11.3. The topological polar surface area (TPSA) is 136 Å². The fraction of sp³-hybridized carbons (Fsp3) is 0.269. The minimum atomic E-state index is -0.957. The standard InChI is InChI=1S/C26H28N2O8/c1-14-12-19(29)22(26(32)36-14)18(17-10-11-20(33-3)24(35-5)23(17)34-4)13-21(30)28-16-8-6-15(7-9-16)25(31)27-2/h6-12,18,29H,13H2,1-5H3,(H,27,31)(H,28,30)/t18-/m0/s1. The van der Waals surface area contributed by atoms with Gasteiger partial charge in [-0.25, -0.2) is 4.79 Å². The van der Waals surface area contributed by atoms with Gasteiger partial charge in [-0.1, -0.05) is 6.07 Å². The van der Waals surface area contributed by atoms with Crippen LogP contribution in [0.4, 0.5) is 5.69 Å². The van der Waals surface area contributed by atoms with Crippen molar-refractivity contribution in [1.82, 2.24) is 5.32 Å². The Morgan fingerprint density at radius 2 is 1.67 bits per heavy atom. The largest absolute Gasteiger partial charge is 0.507 e. The van der Waals surface area contributed by atoms with Gasteiger partial charge in [0, 0.05) is 42.3 Å². The molecule has 1 atom stereocenters. The van der Waals surface area contributed by atoms with Crippen LogP contribution in [0.1, 0.15) is 39.6 Å². The number of aryl methyl sites for hydroxylation is 1. The van der Waals surface area contributed by atoms with Crippen molar-refractivity contribution in [2.75, 3.05) is 33.7 Å². The number of hydrogen-bond acceptors (Lipinski definition) is 8. The van der Waals surface area contributed by atoms with Gasteiger partial charge < -0.3 is 34.4 Å². The van der Waals surface area contributed by atoms with E-state index in [0.717, 1.165) is 0 Å².